The number of amides is 1. The Morgan fingerprint density at radius 3 is 2.38 bits per heavy atom. The molecular formula is C21H27Cl2IN4O. The normalized spacial score (nSPS) is 12.0. The Hall–Kier alpha value is -1.51. The summed E-state index contributed by atoms with van der Waals surface area (Å²) in [7, 11) is 3.36. The number of rotatable bonds is 7. The minimum atomic E-state index is -0.0838. The van der Waals surface area contributed by atoms with Gasteiger partial charge in [-0.1, -0.05) is 48.3 Å². The van der Waals surface area contributed by atoms with E-state index in [9.17, 15) is 4.79 Å². The number of guanidine groups is 1. The molecule has 3 N–H and O–H groups in total. The van der Waals surface area contributed by atoms with Gasteiger partial charge in [-0.05, 0) is 41.8 Å². The molecule has 0 aliphatic heterocycles. The number of carbonyl (C=O) groups excluding carboxylic acids is 1. The Balaban J connectivity index is 0.00000420. The minimum Gasteiger partial charge on any atom is -0.356 e. The van der Waals surface area contributed by atoms with Gasteiger partial charge >= 0.3 is 0 Å². The highest BCUT2D eigenvalue weighted by Gasteiger charge is 2.14. The average Bonchev–Trinajstić information content (AvgIpc) is 2.70. The van der Waals surface area contributed by atoms with Crippen LogP contribution in [0.15, 0.2) is 47.5 Å². The van der Waals surface area contributed by atoms with Gasteiger partial charge in [-0.2, -0.15) is 0 Å². The van der Waals surface area contributed by atoms with Crippen molar-refractivity contribution in [3.63, 3.8) is 0 Å². The van der Waals surface area contributed by atoms with E-state index in [0.717, 1.165) is 17.5 Å². The van der Waals surface area contributed by atoms with Crippen molar-refractivity contribution in [2.45, 2.75) is 19.3 Å². The van der Waals surface area contributed by atoms with E-state index in [1.807, 2.05) is 36.4 Å². The predicted molar refractivity (Wildman–Crippen MR) is 133 cm³/mol. The topological polar surface area (TPSA) is 65.5 Å². The Morgan fingerprint density at radius 2 is 1.76 bits per heavy atom. The number of hydrogen-bond donors (Lipinski definition) is 3. The second kappa shape index (κ2) is 12.9. The highest BCUT2D eigenvalue weighted by Crippen LogP contribution is 2.30. The van der Waals surface area contributed by atoms with Crippen molar-refractivity contribution in [1.29, 1.82) is 0 Å². The molecule has 2 aromatic carbocycles. The van der Waals surface area contributed by atoms with E-state index < -0.39 is 0 Å². The van der Waals surface area contributed by atoms with Crippen LogP contribution in [0.4, 0.5) is 0 Å². The van der Waals surface area contributed by atoms with Gasteiger partial charge in [0.15, 0.2) is 5.96 Å². The monoisotopic (exact) mass is 548 g/mol. The second-order valence-corrected chi connectivity index (χ2v) is 7.26. The number of nitrogens with one attached hydrogen (secondary N) is 3. The van der Waals surface area contributed by atoms with Crippen LogP contribution >= 0.6 is 47.2 Å². The maximum atomic E-state index is 11.7. The van der Waals surface area contributed by atoms with Gasteiger partial charge in [-0.25, -0.2) is 0 Å². The fourth-order valence-electron chi connectivity index (χ4n) is 2.89. The van der Waals surface area contributed by atoms with Crippen LogP contribution in [-0.4, -0.2) is 39.1 Å². The number of nitrogens with zero attached hydrogens (tertiary/aromatic N) is 1. The van der Waals surface area contributed by atoms with Crippen LogP contribution in [-0.2, 0) is 6.42 Å². The lowest BCUT2D eigenvalue weighted by molar-refractivity contribution is 0.0963. The van der Waals surface area contributed by atoms with Gasteiger partial charge in [0.2, 0.25) is 0 Å². The van der Waals surface area contributed by atoms with E-state index >= 15 is 0 Å². The molecule has 158 valence electrons. The first kappa shape index (κ1) is 25.5. The van der Waals surface area contributed by atoms with Crippen LogP contribution < -0.4 is 16.0 Å². The number of halogens is 3. The van der Waals surface area contributed by atoms with Gasteiger partial charge in [-0.3, -0.25) is 9.79 Å². The quantitative estimate of drug-likeness (QED) is 0.271. The molecule has 0 bridgehead atoms. The third kappa shape index (κ3) is 7.68. The Labute approximate surface area is 199 Å². The summed E-state index contributed by atoms with van der Waals surface area (Å²) in [6.07, 6.45) is 0.775. The summed E-state index contributed by atoms with van der Waals surface area (Å²) in [6.45, 7) is 3.41. The first-order valence-corrected chi connectivity index (χ1v) is 9.91. The predicted octanol–water partition coefficient (Wildman–Crippen LogP) is 4.48. The van der Waals surface area contributed by atoms with Gasteiger partial charge in [0.1, 0.15) is 0 Å². The van der Waals surface area contributed by atoms with Gasteiger partial charge in [-0.15, -0.1) is 24.0 Å². The maximum absolute atomic E-state index is 11.7. The fourth-order valence-corrected chi connectivity index (χ4v) is 3.66. The minimum absolute atomic E-state index is 0. The van der Waals surface area contributed by atoms with Crippen molar-refractivity contribution in [2.75, 3.05) is 27.2 Å². The maximum Gasteiger partial charge on any atom is 0.251 e. The van der Waals surface area contributed by atoms with Crippen LogP contribution in [0.5, 0.6) is 0 Å². The summed E-state index contributed by atoms with van der Waals surface area (Å²) < 4.78 is 0. The zero-order valence-corrected chi connectivity index (χ0v) is 20.6. The third-order valence-electron chi connectivity index (χ3n) is 4.41. The largest absolute Gasteiger partial charge is 0.356 e. The highest BCUT2D eigenvalue weighted by molar-refractivity contribution is 14.0. The average molecular weight is 549 g/mol. The molecule has 29 heavy (non-hydrogen) atoms. The van der Waals surface area contributed by atoms with Crippen molar-refractivity contribution >= 4 is 59.0 Å². The number of carbonyl (C=O) groups is 1. The van der Waals surface area contributed by atoms with Gasteiger partial charge in [0.25, 0.3) is 5.91 Å². The number of benzene rings is 2. The highest BCUT2D eigenvalue weighted by atomic mass is 127. The zero-order valence-electron chi connectivity index (χ0n) is 16.8. The lowest BCUT2D eigenvalue weighted by Gasteiger charge is -2.18. The Kier molecular flexibility index (Phi) is 11.4. The van der Waals surface area contributed by atoms with Gasteiger partial charge in [0.05, 0.1) is 0 Å². The van der Waals surface area contributed by atoms with Gasteiger partial charge in [0, 0.05) is 48.7 Å². The molecule has 0 spiro atoms. The molecule has 0 heterocycles. The number of aliphatic imine (C=N–C) groups is 1. The summed E-state index contributed by atoms with van der Waals surface area (Å²) in [4.78, 5) is 16.0. The molecule has 1 atom stereocenters. The van der Waals surface area contributed by atoms with E-state index in [1.165, 1.54) is 0 Å². The van der Waals surface area contributed by atoms with E-state index in [2.05, 4.69) is 27.9 Å². The van der Waals surface area contributed by atoms with Crippen LogP contribution in [0.25, 0.3) is 0 Å². The molecule has 1 unspecified atom stereocenters. The van der Waals surface area contributed by atoms with Crippen molar-refractivity contribution in [3.8, 4) is 0 Å². The molecule has 0 aromatic heterocycles. The van der Waals surface area contributed by atoms with Crippen LogP contribution in [0.1, 0.15) is 34.3 Å². The van der Waals surface area contributed by atoms with Crippen molar-refractivity contribution in [1.82, 2.24) is 16.0 Å². The first-order valence-electron chi connectivity index (χ1n) is 9.15. The molecule has 0 aliphatic carbocycles. The van der Waals surface area contributed by atoms with E-state index in [4.69, 9.17) is 23.2 Å². The summed E-state index contributed by atoms with van der Waals surface area (Å²) in [6, 6.07) is 13.1. The lowest BCUT2D eigenvalue weighted by Crippen LogP contribution is -2.40. The van der Waals surface area contributed by atoms with Crippen LogP contribution in [0.2, 0.25) is 10.0 Å². The first-order chi connectivity index (χ1) is 13.5. The summed E-state index contributed by atoms with van der Waals surface area (Å²) >= 11 is 12.6. The van der Waals surface area contributed by atoms with Crippen molar-refractivity contribution in [3.05, 3.63) is 69.2 Å². The molecular weight excluding hydrogens is 522 g/mol. The smallest absolute Gasteiger partial charge is 0.251 e. The van der Waals surface area contributed by atoms with E-state index in [0.29, 0.717) is 34.7 Å². The molecule has 0 radical (unpaired) electrons. The number of hydrogen-bond acceptors (Lipinski definition) is 2. The molecule has 2 aromatic rings. The van der Waals surface area contributed by atoms with Crippen molar-refractivity contribution in [2.24, 2.45) is 4.99 Å². The lowest BCUT2D eigenvalue weighted by atomic mass is 10.0. The van der Waals surface area contributed by atoms with Crippen molar-refractivity contribution < 1.29 is 4.79 Å². The van der Waals surface area contributed by atoms with Crippen LogP contribution in [0, 0.1) is 0 Å². The molecule has 0 saturated carbocycles. The molecule has 0 fully saturated rings. The summed E-state index contributed by atoms with van der Waals surface area (Å²) in [5, 5.41) is 10.6. The summed E-state index contributed by atoms with van der Waals surface area (Å²) in [5.41, 5.74) is 2.67. The molecule has 1 amide bonds. The fraction of sp³-hybridized carbons (Fsp3) is 0.333. The molecule has 0 saturated heterocycles. The third-order valence-corrected chi connectivity index (χ3v) is 5.07. The van der Waals surface area contributed by atoms with E-state index in [1.54, 1.807) is 20.2 Å². The zero-order chi connectivity index (χ0) is 20.5. The standard InChI is InChI=1S/C21H26Cl2N4O.HI/c1-14(19-17(22)8-5-9-18(19)23)13-27-21(25-3)26-11-10-15-6-4-7-16(12-15)20(28)24-2;/h4-9,12,14H,10-11,13H2,1-3H3,(H,24,28)(H2,25,26,27);1H. The molecule has 5 nitrogen and oxygen atoms in total. The SMILES string of the molecule is CN=C(NCCc1cccc(C(=O)NC)c1)NCC(C)c1c(Cl)cccc1Cl.I. The molecule has 2 rings (SSSR count). The Morgan fingerprint density at radius 1 is 1.10 bits per heavy atom. The van der Waals surface area contributed by atoms with E-state index in [-0.39, 0.29) is 35.8 Å². The molecule has 8 heteroatoms. The molecule has 0 aliphatic rings. The second-order valence-electron chi connectivity index (χ2n) is 6.45. The Bertz CT molecular complexity index is 825. The van der Waals surface area contributed by atoms with Gasteiger partial charge < -0.3 is 16.0 Å². The summed E-state index contributed by atoms with van der Waals surface area (Å²) in [5.74, 6) is 0.751. The van der Waals surface area contributed by atoms with Crippen LogP contribution in [0.3, 0.4) is 0 Å².